The summed E-state index contributed by atoms with van der Waals surface area (Å²) in [6, 6.07) is 8.33. The summed E-state index contributed by atoms with van der Waals surface area (Å²) >= 11 is 0. The van der Waals surface area contributed by atoms with Gasteiger partial charge in [0.15, 0.2) is 0 Å². The van der Waals surface area contributed by atoms with Crippen LogP contribution in [0.15, 0.2) is 24.3 Å². The third-order valence-corrected chi connectivity index (χ3v) is 3.05. The lowest BCUT2D eigenvalue weighted by Crippen LogP contribution is -2.26. The molecule has 1 unspecified atom stereocenters. The van der Waals surface area contributed by atoms with Gasteiger partial charge in [-0.15, -0.1) is 0 Å². The van der Waals surface area contributed by atoms with Crippen LogP contribution >= 0.6 is 0 Å². The van der Waals surface area contributed by atoms with Crippen LogP contribution in [-0.2, 0) is 17.8 Å². The number of hydrogen-bond donors (Lipinski definition) is 1. The Balaban J connectivity index is 2.47. The Labute approximate surface area is 109 Å². The van der Waals surface area contributed by atoms with Gasteiger partial charge in [-0.3, -0.25) is 4.79 Å². The first kappa shape index (κ1) is 14.7. The van der Waals surface area contributed by atoms with Gasteiger partial charge in [0.1, 0.15) is 0 Å². The Morgan fingerprint density at radius 3 is 2.33 bits per heavy atom. The lowest BCUT2D eigenvalue weighted by atomic mass is 10.1. The molecule has 0 fully saturated rings. The van der Waals surface area contributed by atoms with Crippen molar-refractivity contribution in [1.82, 2.24) is 4.90 Å². The van der Waals surface area contributed by atoms with Gasteiger partial charge in [-0.25, -0.2) is 0 Å². The van der Waals surface area contributed by atoms with Gasteiger partial charge in [-0.2, -0.15) is 0 Å². The topological polar surface area (TPSA) is 40.5 Å². The van der Waals surface area contributed by atoms with Gasteiger partial charge in [0.2, 0.25) is 5.91 Å². The van der Waals surface area contributed by atoms with E-state index in [1.807, 2.05) is 0 Å². The Morgan fingerprint density at radius 2 is 1.83 bits per heavy atom. The molecule has 1 amide bonds. The predicted octanol–water partition coefficient (Wildman–Crippen LogP) is 2.37. The molecule has 0 spiro atoms. The third-order valence-electron chi connectivity index (χ3n) is 3.05. The molecule has 0 saturated heterocycles. The van der Waals surface area contributed by atoms with Crippen molar-refractivity contribution in [2.75, 3.05) is 7.05 Å². The van der Waals surface area contributed by atoms with Crippen molar-refractivity contribution in [3.8, 4) is 0 Å². The minimum absolute atomic E-state index is 0.0791. The van der Waals surface area contributed by atoms with Crippen LogP contribution in [0.5, 0.6) is 0 Å². The van der Waals surface area contributed by atoms with Crippen molar-refractivity contribution < 1.29 is 9.90 Å². The second kappa shape index (κ2) is 7.17. The van der Waals surface area contributed by atoms with E-state index in [2.05, 4.69) is 31.2 Å². The molecule has 0 heterocycles. The predicted molar refractivity (Wildman–Crippen MR) is 73.2 cm³/mol. The van der Waals surface area contributed by atoms with Crippen molar-refractivity contribution in [2.24, 2.45) is 0 Å². The summed E-state index contributed by atoms with van der Waals surface area (Å²) in [5.41, 5.74) is 2.45. The lowest BCUT2D eigenvalue weighted by Gasteiger charge is -2.18. The molecule has 0 aliphatic heterocycles. The summed E-state index contributed by atoms with van der Waals surface area (Å²) in [6.07, 6.45) is 1.55. The minimum Gasteiger partial charge on any atom is -0.393 e. The molecule has 3 heteroatoms. The van der Waals surface area contributed by atoms with E-state index in [0.717, 1.165) is 12.0 Å². The smallest absolute Gasteiger partial charge is 0.222 e. The first-order chi connectivity index (χ1) is 8.52. The molecular weight excluding hydrogens is 226 g/mol. The number of hydrogen-bond acceptors (Lipinski definition) is 2. The van der Waals surface area contributed by atoms with Gasteiger partial charge in [0.05, 0.1) is 6.10 Å². The normalized spacial score (nSPS) is 12.2. The van der Waals surface area contributed by atoms with Crippen LogP contribution < -0.4 is 0 Å². The molecule has 0 aromatic heterocycles. The zero-order valence-electron chi connectivity index (χ0n) is 11.5. The maximum atomic E-state index is 11.8. The molecule has 0 saturated carbocycles. The number of carbonyl (C=O) groups excluding carboxylic acids is 1. The van der Waals surface area contributed by atoms with E-state index < -0.39 is 6.10 Å². The van der Waals surface area contributed by atoms with Crippen molar-refractivity contribution in [2.45, 2.75) is 45.8 Å². The SMILES string of the molecule is CCc1ccc(CN(C)C(=O)CCC(C)O)cc1. The van der Waals surface area contributed by atoms with E-state index in [1.54, 1.807) is 18.9 Å². The summed E-state index contributed by atoms with van der Waals surface area (Å²) in [5, 5.41) is 9.16. The maximum absolute atomic E-state index is 11.8. The van der Waals surface area contributed by atoms with E-state index in [1.165, 1.54) is 5.56 Å². The first-order valence-electron chi connectivity index (χ1n) is 6.52. The number of aryl methyl sites for hydroxylation is 1. The van der Waals surface area contributed by atoms with E-state index in [9.17, 15) is 4.79 Å². The molecule has 0 radical (unpaired) electrons. The molecule has 3 nitrogen and oxygen atoms in total. The van der Waals surface area contributed by atoms with Crippen LogP contribution in [0, 0.1) is 0 Å². The van der Waals surface area contributed by atoms with E-state index in [-0.39, 0.29) is 5.91 Å². The van der Waals surface area contributed by atoms with Crippen molar-refractivity contribution in [3.05, 3.63) is 35.4 Å². The van der Waals surface area contributed by atoms with Crippen LogP contribution in [0.3, 0.4) is 0 Å². The Hall–Kier alpha value is -1.35. The first-order valence-corrected chi connectivity index (χ1v) is 6.52. The number of nitrogens with zero attached hydrogens (tertiary/aromatic N) is 1. The van der Waals surface area contributed by atoms with Crippen LogP contribution in [0.2, 0.25) is 0 Å². The van der Waals surface area contributed by atoms with Crippen LogP contribution in [0.4, 0.5) is 0 Å². The third kappa shape index (κ3) is 4.88. The van der Waals surface area contributed by atoms with Crippen LogP contribution in [-0.4, -0.2) is 29.1 Å². The van der Waals surface area contributed by atoms with Gasteiger partial charge in [0, 0.05) is 20.0 Å². The van der Waals surface area contributed by atoms with E-state index in [4.69, 9.17) is 5.11 Å². The molecule has 100 valence electrons. The number of carbonyl (C=O) groups is 1. The van der Waals surface area contributed by atoms with Gasteiger partial charge in [-0.05, 0) is 30.9 Å². The van der Waals surface area contributed by atoms with Crippen molar-refractivity contribution in [1.29, 1.82) is 0 Å². The molecule has 1 aromatic carbocycles. The quantitative estimate of drug-likeness (QED) is 0.841. The molecule has 1 aromatic rings. The fourth-order valence-corrected chi connectivity index (χ4v) is 1.77. The minimum atomic E-state index is -0.411. The van der Waals surface area contributed by atoms with Crippen LogP contribution in [0.25, 0.3) is 0 Å². The molecule has 18 heavy (non-hydrogen) atoms. The standard InChI is InChI=1S/C15H23NO2/c1-4-13-6-8-14(9-7-13)11-16(3)15(18)10-5-12(2)17/h6-9,12,17H,4-5,10-11H2,1-3H3. The summed E-state index contributed by atoms with van der Waals surface area (Å²) in [7, 11) is 1.80. The molecule has 1 rings (SSSR count). The highest BCUT2D eigenvalue weighted by molar-refractivity contribution is 5.75. The van der Waals surface area contributed by atoms with Crippen molar-refractivity contribution in [3.63, 3.8) is 0 Å². The second-order valence-electron chi connectivity index (χ2n) is 4.81. The number of amides is 1. The number of aliphatic hydroxyl groups is 1. The number of rotatable bonds is 6. The Morgan fingerprint density at radius 1 is 1.28 bits per heavy atom. The molecule has 0 bridgehead atoms. The van der Waals surface area contributed by atoms with Crippen LogP contribution in [0.1, 0.15) is 37.8 Å². The highest BCUT2D eigenvalue weighted by Gasteiger charge is 2.10. The zero-order chi connectivity index (χ0) is 13.5. The van der Waals surface area contributed by atoms with Gasteiger partial charge < -0.3 is 10.0 Å². The summed E-state index contributed by atoms with van der Waals surface area (Å²) in [6.45, 7) is 4.46. The molecular formula is C15H23NO2. The number of benzene rings is 1. The fourth-order valence-electron chi connectivity index (χ4n) is 1.77. The highest BCUT2D eigenvalue weighted by atomic mass is 16.3. The summed E-state index contributed by atoms with van der Waals surface area (Å²) in [4.78, 5) is 13.5. The maximum Gasteiger partial charge on any atom is 0.222 e. The molecule has 1 atom stereocenters. The van der Waals surface area contributed by atoms with Gasteiger partial charge >= 0.3 is 0 Å². The highest BCUT2D eigenvalue weighted by Crippen LogP contribution is 2.09. The van der Waals surface area contributed by atoms with Gasteiger partial charge in [-0.1, -0.05) is 31.2 Å². The Kier molecular flexibility index (Phi) is 5.86. The molecule has 1 N–H and O–H groups in total. The monoisotopic (exact) mass is 249 g/mol. The second-order valence-corrected chi connectivity index (χ2v) is 4.81. The van der Waals surface area contributed by atoms with E-state index >= 15 is 0 Å². The fraction of sp³-hybridized carbons (Fsp3) is 0.533. The lowest BCUT2D eigenvalue weighted by molar-refractivity contribution is -0.131. The Bertz CT molecular complexity index is 371. The van der Waals surface area contributed by atoms with Gasteiger partial charge in [0.25, 0.3) is 0 Å². The molecule has 0 aliphatic rings. The summed E-state index contributed by atoms with van der Waals surface area (Å²) < 4.78 is 0. The number of aliphatic hydroxyl groups excluding tert-OH is 1. The average Bonchev–Trinajstić information content (AvgIpc) is 2.36. The zero-order valence-corrected chi connectivity index (χ0v) is 11.5. The van der Waals surface area contributed by atoms with E-state index in [0.29, 0.717) is 19.4 Å². The van der Waals surface area contributed by atoms with Crippen molar-refractivity contribution >= 4 is 5.91 Å². The average molecular weight is 249 g/mol. The molecule has 0 aliphatic carbocycles. The summed E-state index contributed by atoms with van der Waals surface area (Å²) in [5.74, 6) is 0.0791. The largest absolute Gasteiger partial charge is 0.393 e.